The highest BCUT2D eigenvalue weighted by atomic mass is 79.9. The molecule has 4 nitrogen and oxygen atoms in total. The molecule has 0 aliphatic heterocycles. The van der Waals surface area contributed by atoms with Crippen LogP contribution in [0.4, 0.5) is 0 Å². The fraction of sp³-hybridized carbons (Fsp3) is 0. The Morgan fingerprint density at radius 2 is 2.07 bits per heavy atom. The van der Waals surface area contributed by atoms with Crippen LogP contribution in [-0.2, 0) is 0 Å². The summed E-state index contributed by atoms with van der Waals surface area (Å²) in [5.41, 5.74) is 0.378. The lowest BCUT2D eigenvalue weighted by molar-refractivity contribution is -0.400. The van der Waals surface area contributed by atoms with Gasteiger partial charge in [-0.25, -0.2) is 0 Å². The van der Waals surface area contributed by atoms with E-state index >= 15 is 0 Å². The number of benzene rings is 1. The van der Waals surface area contributed by atoms with Crippen LogP contribution in [0.15, 0.2) is 27.3 Å². The summed E-state index contributed by atoms with van der Waals surface area (Å²) in [6.45, 7) is 0. The molecular formula is C8H5Br2NO3. The smallest absolute Gasteiger partial charge is 0.235 e. The Bertz CT molecular complexity index is 404. The minimum atomic E-state index is -0.589. The molecule has 0 heterocycles. The lowest BCUT2D eigenvalue weighted by atomic mass is 10.2. The number of aromatic hydroxyl groups is 1. The Kier molecular flexibility index (Phi) is 3.65. The third-order valence-corrected chi connectivity index (χ3v) is 2.50. The van der Waals surface area contributed by atoms with Gasteiger partial charge in [-0.05, 0) is 28.1 Å². The van der Waals surface area contributed by atoms with Gasteiger partial charge in [0.05, 0.1) is 9.40 Å². The summed E-state index contributed by atoms with van der Waals surface area (Å²) in [5, 5.41) is 19.6. The summed E-state index contributed by atoms with van der Waals surface area (Å²) >= 11 is 6.33. The zero-order chi connectivity index (χ0) is 10.7. The maximum atomic E-state index is 10.1. The molecule has 0 aliphatic rings. The van der Waals surface area contributed by atoms with Crippen molar-refractivity contribution in [1.82, 2.24) is 0 Å². The average molecular weight is 323 g/mol. The van der Waals surface area contributed by atoms with Crippen molar-refractivity contribution in [3.8, 4) is 5.75 Å². The first-order valence-corrected chi connectivity index (χ1v) is 5.09. The molecule has 1 rings (SSSR count). The molecule has 1 aromatic carbocycles. The van der Waals surface area contributed by atoms with Gasteiger partial charge in [-0.15, -0.1) is 0 Å². The van der Waals surface area contributed by atoms with Crippen molar-refractivity contribution in [3.05, 3.63) is 43.0 Å². The van der Waals surface area contributed by atoms with Gasteiger partial charge in [0.25, 0.3) is 0 Å². The van der Waals surface area contributed by atoms with Gasteiger partial charge >= 0.3 is 0 Å². The fourth-order valence-corrected chi connectivity index (χ4v) is 2.11. The molecule has 0 saturated carbocycles. The van der Waals surface area contributed by atoms with Crippen LogP contribution in [0.3, 0.4) is 0 Å². The molecule has 0 atom stereocenters. The van der Waals surface area contributed by atoms with Gasteiger partial charge in [0.15, 0.2) is 0 Å². The van der Waals surface area contributed by atoms with Crippen LogP contribution >= 0.6 is 31.9 Å². The number of nitrogens with zero attached hydrogens (tertiary/aromatic N) is 1. The number of hydrogen-bond acceptors (Lipinski definition) is 3. The third-order valence-electron chi connectivity index (χ3n) is 1.43. The van der Waals surface area contributed by atoms with Crippen molar-refractivity contribution in [3.63, 3.8) is 0 Å². The highest BCUT2D eigenvalue weighted by molar-refractivity contribution is 9.11. The summed E-state index contributed by atoms with van der Waals surface area (Å²) in [7, 11) is 0. The Morgan fingerprint density at radius 1 is 1.43 bits per heavy atom. The van der Waals surface area contributed by atoms with Crippen LogP contribution in [0, 0.1) is 10.1 Å². The second-order valence-corrected chi connectivity index (χ2v) is 4.20. The normalized spacial score (nSPS) is 10.7. The lowest BCUT2D eigenvalue weighted by Crippen LogP contribution is -1.83. The first kappa shape index (κ1) is 11.2. The first-order valence-electron chi connectivity index (χ1n) is 3.50. The van der Waals surface area contributed by atoms with Crippen LogP contribution in [0.1, 0.15) is 5.56 Å². The van der Waals surface area contributed by atoms with Gasteiger partial charge in [0.1, 0.15) is 5.75 Å². The van der Waals surface area contributed by atoms with Crippen LogP contribution < -0.4 is 0 Å². The second-order valence-electron chi connectivity index (χ2n) is 2.43. The summed E-state index contributed by atoms with van der Waals surface area (Å²) in [6.07, 6.45) is 2.00. The van der Waals surface area contributed by atoms with Gasteiger partial charge in [-0.1, -0.05) is 15.9 Å². The molecule has 0 spiro atoms. The van der Waals surface area contributed by atoms with Crippen molar-refractivity contribution in [2.75, 3.05) is 0 Å². The molecular weight excluding hydrogens is 318 g/mol. The van der Waals surface area contributed by atoms with E-state index in [1.807, 2.05) is 0 Å². The molecule has 0 bridgehead atoms. The summed E-state index contributed by atoms with van der Waals surface area (Å²) in [4.78, 5) is 9.48. The third kappa shape index (κ3) is 2.81. The van der Waals surface area contributed by atoms with Gasteiger partial charge < -0.3 is 5.11 Å². The molecule has 1 N–H and O–H groups in total. The molecule has 14 heavy (non-hydrogen) atoms. The largest absolute Gasteiger partial charge is 0.506 e. The standard InChI is InChI=1S/C8H5Br2NO3/c9-6-3-5(1-2-11(13)14)8(12)7(10)4-6/h1-4,12H. The van der Waals surface area contributed by atoms with Crippen molar-refractivity contribution < 1.29 is 10.0 Å². The van der Waals surface area contributed by atoms with Gasteiger partial charge in [0, 0.05) is 16.1 Å². The summed E-state index contributed by atoms with van der Waals surface area (Å²) in [5.74, 6) is -0.0219. The lowest BCUT2D eigenvalue weighted by Gasteiger charge is -2.01. The number of nitro groups is 1. The van der Waals surface area contributed by atoms with E-state index in [9.17, 15) is 15.2 Å². The number of phenols is 1. The molecule has 0 unspecified atom stereocenters. The molecule has 0 fully saturated rings. The summed E-state index contributed by atoms with van der Waals surface area (Å²) < 4.78 is 1.21. The number of phenolic OH excluding ortho intramolecular Hbond substituents is 1. The topological polar surface area (TPSA) is 63.4 Å². The highest BCUT2D eigenvalue weighted by Gasteiger charge is 2.05. The maximum absolute atomic E-state index is 10.1. The predicted molar refractivity (Wildman–Crippen MR) is 59.5 cm³/mol. The number of hydrogen-bond donors (Lipinski definition) is 1. The van der Waals surface area contributed by atoms with Crippen molar-refractivity contribution in [1.29, 1.82) is 0 Å². The Labute approximate surface area is 96.7 Å². The Hall–Kier alpha value is -0.880. The monoisotopic (exact) mass is 321 g/mol. The molecule has 74 valence electrons. The van der Waals surface area contributed by atoms with Gasteiger partial charge in [-0.3, -0.25) is 10.1 Å². The average Bonchev–Trinajstić information content (AvgIpc) is 2.08. The van der Waals surface area contributed by atoms with Crippen LogP contribution in [0.2, 0.25) is 0 Å². The maximum Gasteiger partial charge on any atom is 0.235 e. The SMILES string of the molecule is O=[N+]([O-])C=Cc1cc(Br)cc(Br)c1O. The number of rotatable bonds is 2. The molecule has 6 heteroatoms. The van der Waals surface area contributed by atoms with E-state index in [4.69, 9.17) is 0 Å². The quantitative estimate of drug-likeness (QED) is 0.672. The first-order chi connectivity index (χ1) is 6.50. The molecule has 0 aromatic heterocycles. The highest BCUT2D eigenvalue weighted by Crippen LogP contribution is 2.32. The molecule has 0 radical (unpaired) electrons. The molecule has 0 amide bonds. The van der Waals surface area contributed by atoms with Crippen molar-refractivity contribution in [2.45, 2.75) is 0 Å². The van der Waals surface area contributed by atoms with Crippen LogP contribution in [0.25, 0.3) is 6.08 Å². The van der Waals surface area contributed by atoms with Gasteiger partial charge in [0.2, 0.25) is 6.20 Å². The van der Waals surface area contributed by atoms with E-state index in [-0.39, 0.29) is 5.75 Å². The molecule has 0 saturated heterocycles. The van der Waals surface area contributed by atoms with E-state index in [1.54, 1.807) is 12.1 Å². The second kappa shape index (κ2) is 4.56. The van der Waals surface area contributed by atoms with E-state index in [0.29, 0.717) is 10.0 Å². The van der Waals surface area contributed by atoms with E-state index < -0.39 is 4.92 Å². The summed E-state index contributed by atoms with van der Waals surface area (Å²) in [6, 6.07) is 3.24. The fourth-order valence-electron chi connectivity index (χ4n) is 0.854. The van der Waals surface area contributed by atoms with Crippen LogP contribution in [-0.4, -0.2) is 10.0 Å². The van der Waals surface area contributed by atoms with Crippen LogP contribution in [0.5, 0.6) is 5.75 Å². The van der Waals surface area contributed by atoms with Crippen molar-refractivity contribution >= 4 is 37.9 Å². The van der Waals surface area contributed by atoms with Gasteiger partial charge in [-0.2, -0.15) is 0 Å². The predicted octanol–water partition coefficient (Wildman–Crippen LogP) is 3.16. The molecule has 1 aromatic rings. The zero-order valence-corrected chi connectivity index (χ0v) is 9.95. The minimum absolute atomic E-state index is 0.0219. The molecule has 0 aliphatic carbocycles. The van der Waals surface area contributed by atoms with E-state index in [0.717, 1.165) is 10.7 Å². The van der Waals surface area contributed by atoms with E-state index in [2.05, 4.69) is 31.9 Å². The van der Waals surface area contributed by atoms with Crippen molar-refractivity contribution in [2.24, 2.45) is 0 Å². The Balaban J connectivity index is 3.14. The Morgan fingerprint density at radius 3 is 2.64 bits per heavy atom. The number of halogens is 2. The zero-order valence-electron chi connectivity index (χ0n) is 6.78. The van der Waals surface area contributed by atoms with E-state index in [1.165, 1.54) is 6.08 Å². The minimum Gasteiger partial charge on any atom is -0.506 e.